The van der Waals surface area contributed by atoms with Crippen molar-refractivity contribution in [2.45, 2.75) is 6.18 Å². The van der Waals surface area contributed by atoms with E-state index in [2.05, 4.69) is 15.1 Å². The number of hydrogen-bond acceptors (Lipinski definition) is 4. The van der Waals surface area contributed by atoms with Gasteiger partial charge in [0.05, 0.1) is 5.56 Å². The Labute approximate surface area is 111 Å². The van der Waals surface area contributed by atoms with Crippen molar-refractivity contribution in [2.75, 3.05) is 0 Å². The van der Waals surface area contributed by atoms with E-state index in [1.54, 1.807) is 0 Å². The molecular formula is C12H9F3N4O. The van der Waals surface area contributed by atoms with Crippen molar-refractivity contribution in [3.05, 3.63) is 47.8 Å². The first-order valence-corrected chi connectivity index (χ1v) is 5.41. The van der Waals surface area contributed by atoms with E-state index in [0.717, 1.165) is 6.07 Å². The fraction of sp³-hybridized carbons (Fsp3) is 0.0833. The number of nitrogens with two attached hydrogens (primary N) is 1. The molecule has 8 heteroatoms. The van der Waals surface area contributed by atoms with E-state index in [9.17, 15) is 13.2 Å². The normalized spacial score (nSPS) is 12.4. The summed E-state index contributed by atoms with van der Waals surface area (Å²) in [6.07, 6.45) is -3.28. The summed E-state index contributed by atoms with van der Waals surface area (Å²) in [5.74, 6) is -0.458. The van der Waals surface area contributed by atoms with E-state index >= 15 is 0 Å². The summed E-state index contributed by atoms with van der Waals surface area (Å²) in [5, 5.41) is 11.3. The summed E-state index contributed by atoms with van der Waals surface area (Å²) in [6.45, 7) is 0. The zero-order valence-corrected chi connectivity index (χ0v) is 9.96. The number of aromatic nitrogens is 2. The highest BCUT2D eigenvalue weighted by Crippen LogP contribution is 2.35. The van der Waals surface area contributed by atoms with Gasteiger partial charge in [-0.2, -0.15) is 13.2 Å². The van der Waals surface area contributed by atoms with Crippen LogP contribution in [-0.4, -0.2) is 21.0 Å². The molecule has 5 nitrogen and oxygen atoms in total. The summed E-state index contributed by atoms with van der Waals surface area (Å²) < 4.78 is 38.7. The average Bonchev–Trinajstić information content (AvgIpc) is 2.45. The van der Waals surface area contributed by atoms with Gasteiger partial charge in [-0.3, -0.25) is 0 Å². The van der Waals surface area contributed by atoms with Crippen molar-refractivity contribution in [3.63, 3.8) is 0 Å². The highest BCUT2D eigenvalue weighted by Gasteiger charge is 2.34. The lowest BCUT2D eigenvalue weighted by atomic mass is 10.1. The minimum atomic E-state index is -4.52. The van der Waals surface area contributed by atoms with Gasteiger partial charge in [-0.15, -0.1) is 0 Å². The maximum atomic E-state index is 12.9. The molecule has 0 saturated heterocycles. The molecule has 1 aromatic heterocycles. The summed E-state index contributed by atoms with van der Waals surface area (Å²) in [5.41, 5.74) is 4.37. The van der Waals surface area contributed by atoms with Gasteiger partial charge in [-0.25, -0.2) is 9.97 Å². The topological polar surface area (TPSA) is 84.4 Å². The van der Waals surface area contributed by atoms with Crippen LogP contribution >= 0.6 is 0 Å². The standard InChI is InChI=1S/C12H9F3N4O/c13-12(14,15)8-4-2-1-3-7(8)11-17-6-5-9(18-11)10(16)19-20/h1-6,20H,(H2,16,19). The molecule has 0 fully saturated rings. The van der Waals surface area contributed by atoms with Crippen molar-refractivity contribution in [1.82, 2.24) is 9.97 Å². The fourth-order valence-electron chi connectivity index (χ4n) is 1.61. The largest absolute Gasteiger partial charge is 0.417 e. The fourth-order valence-corrected chi connectivity index (χ4v) is 1.61. The molecule has 1 aromatic carbocycles. The van der Waals surface area contributed by atoms with Gasteiger partial charge in [0.15, 0.2) is 11.7 Å². The Bertz CT molecular complexity index is 655. The third-order valence-corrected chi connectivity index (χ3v) is 2.50. The molecule has 2 aromatic rings. The second-order valence-electron chi connectivity index (χ2n) is 3.79. The number of alkyl halides is 3. The Balaban J connectivity index is 2.58. The molecule has 0 aliphatic heterocycles. The number of amidine groups is 1. The maximum Gasteiger partial charge on any atom is 0.417 e. The lowest BCUT2D eigenvalue weighted by Gasteiger charge is -2.11. The Kier molecular flexibility index (Phi) is 3.55. The Morgan fingerprint density at radius 2 is 1.90 bits per heavy atom. The molecule has 0 amide bonds. The van der Waals surface area contributed by atoms with Crippen LogP contribution in [0.15, 0.2) is 41.7 Å². The molecule has 3 N–H and O–H groups in total. The Hall–Kier alpha value is -2.64. The zero-order valence-electron chi connectivity index (χ0n) is 9.96. The lowest BCUT2D eigenvalue weighted by Crippen LogP contribution is -2.16. The molecule has 0 aliphatic carbocycles. The molecule has 0 radical (unpaired) electrons. The molecule has 0 aliphatic rings. The van der Waals surface area contributed by atoms with E-state index in [0.29, 0.717) is 0 Å². The third-order valence-electron chi connectivity index (χ3n) is 2.50. The molecule has 0 saturated carbocycles. The van der Waals surface area contributed by atoms with Crippen LogP contribution in [0.1, 0.15) is 11.3 Å². The highest BCUT2D eigenvalue weighted by molar-refractivity contribution is 5.95. The van der Waals surface area contributed by atoms with Gasteiger partial charge in [-0.1, -0.05) is 23.4 Å². The van der Waals surface area contributed by atoms with Gasteiger partial charge >= 0.3 is 6.18 Å². The first-order chi connectivity index (χ1) is 9.43. The van der Waals surface area contributed by atoms with E-state index in [4.69, 9.17) is 10.9 Å². The molecule has 1 heterocycles. The van der Waals surface area contributed by atoms with Crippen molar-refractivity contribution in [2.24, 2.45) is 10.9 Å². The number of nitrogens with zero attached hydrogens (tertiary/aromatic N) is 3. The van der Waals surface area contributed by atoms with Crippen LogP contribution in [0.2, 0.25) is 0 Å². The van der Waals surface area contributed by atoms with Crippen LogP contribution in [0.3, 0.4) is 0 Å². The smallest absolute Gasteiger partial charge is 0.409 e. The van der Waals surface area contributed by atoms with Gasteiger partial charge < -0.3 is 10.9 Å². The first-order valence-electron chi connectivity index (χ1n) is 5.41. The van der Waals surface area contributed by atoms with Crippen LogP contribution < -0.4 is 5.73 Å². The van der Waals surface area contributed by atoms with E-state index in [1.165, 1.54) is 30.5 Å². The molecule has 0 atom stereocenters. The summed E-state index contributed by atoms with van der Waals surface area (Å²) >= 11 is 0. The molecule has 0 bridgehead atoms. The predicted octanol–water partition coefficient (Wildman–Crippen LogP) is 2.26. The number of rotatable bonds is 2. The summed E-state index contributed by atoms with van der Waals surface area (Å²) in [4.78, 5) is 7.66. The SMILES string of the molecule is N/C(=N\O)c1ccnc(-c2ccccc2C(F)(F)F)n1. The van der Waals surface area contributed by atoms with Crippen LogP contribution in [0.5, 0.6) is 0 Å². The average molecular weight is 282 g/mol. The zero-order chi connectivity index (χ0) is 14.8. The summed E-state index contributed by atoms with van der Waals surface area (Å²) in [6, 6.07) is 6.25. The predicted molar refractivity (Wildman–Crippen MR) is 65.0 cm³/mol. The van der Waals surface area contributed by atoms with Crippen molar-refractivity contribution in [1.29, 1.82) is 0 Å². The molecule has 2 rings (SSSR count). The number of halogens is 3. The first kappa shape index (κ1) is 13.8. The quantitative estimate of drug-likeness (QED) is 0.383. The summed E-state index contributed by atoms with van der Waals surface area (Å²) in [7, 11) is 0. The van der Waals surface area contributed by atoms with Gasteiger partial charge in [0.2, 0.25) is 0 Å². The lowest BCUT2D eigenvalue weighted by molar-refractivity contribution is -0.137. The van der Waals surface area contributed by atoms with Gasteiger partial charge in [0, 0.05) is 11.8 Å². The van der Waals surface area contributed by atoms with Gasteiger partial charge in [0.1, 0.15) is 5.69 Å². The second-order valence-corrected chi connectivity index (χ2v) is 3.79. The molecule has 0 spiro atoms. The van der Waals surface area contributed by atoms with Crippen LogP contribution in [0, 0.1) is 0 Å². The van der Waals surface area contributed by atoms with Crippen molar-refractivity contribution >= 4 is 5.84 Å². The molecule has 104 valence electrons. The van der Waals surface area contributed by atoms with E-state index < -0.39 is 11.7 Å². The van der Waals surface area contributed by atoms with E-state index in [-0.39, 0.29) is 22.9 Å². The number of hydrogen-bond donors (Lipinski definition) is 2. The van der Waals surface area contributed by atoms with Crippen molar-refractivity contribution < 1.29 is 18.4 Å². The Morgan fingerprint density at radius 1 is 1.20 bits per heavy atom. The molecule has 0 unspecified atom stereocenters. The van der Waals surface area contributed by atoms with Crippen LogP contribution in [-0.2, 0) is 6.18 Å². The maximum absolute atomic E-state index is 12.9. The van der Waals surface area contributed by atoms with Gasteiger partial charge in [-0.05, 0) is 12.1 Å². The molecule has 20 heavy (non-hydrogen) atoms. The van der Waals surface area contributed by atoms with Crippen molar-refractivity contribution in [3.8, 4) is 11.4 Å². The molecular weight excluding hydrogens is 273 g/mol. The van der Waals surface area contributed by atoms with Crippen LogP contribution in [0.4, 0.5) is 13.2 Å². The third kappa shape index (κ3) is 2.68. The number of benzene rings is 1. The monoisotopic (exact) mass is 282 g/mol. The second kappa shape index (κ2) is 5.16. The Morgan fingerprint density at radius 3 is 2.55 bits per heavy atom. The highest BCUT2D eigenvalue weighted by atomic mass is 19.4. The van der Waals surface area contributed by atoms with E-state index in [1.807, 2.05) is 0 Å². The minimum Gasteiger partial charge on any atom is -0.409 e. The number of oxime groups is 1. The van der Waals surface area contributed by atoms with Crippen LogP contribution in [0.25, 0.3) is 11.4 Å². The minimum absolute atomic E-state index is 0.0366. The van der Waals surface area contributed by atoms with Gasteiger partial charge in [0.25, 0.3) is 0 Å².